The van der Waals surface area contributed by atoms with Gasteiger partial charge in [-0.15, -0.1) is 0 Å². The van der Waals surface area contributed by atoms with Crippen molar-refractivity contribution >= 4 is 17.6 Å². The first kappa shape index (κ1) is 18.0. The molecular formula is C20H26N4O2. The lowest BCUT2D eigenvalue weighted by Crippen LogP contribution is -2.39. The van der Waals surface area contributed by atoms with E-state index in [1.807, 2.05) is 66.8 Å². The van der Waals surface area contributed by atoms with E-state index in [1.165, 1.54) is 0 Å². The smallest absolute Gasteiger partial charge is 0.321 e. The second kappa shape index (κ2) is 7.64. The van der Waals surface area contributed by atoms with Gasteiger partial charge in [0.1, 0.15) is 0 Å². The fourth-order valence-corrected chi connectivity index (χ4v) is 3.29. The van der Waals surface area contributed by atoms with Crippen molar-refractivity contribution in [2.45, 2.75) is 20.3 Å². The van der Waals surface area contributed by atoms with Crippen LogP contribution in [-0.2, 0) is 7.05 Å². The Kier molecular flexibility index (Phi) is 5.30. The van der Waals surface area contributed by atoms with Crippen molar-refractivity contribution in [3.63, 3.8) is 0 Å². The Morgan fingerprint density at radius 3 is 2.27 bits per heavy atom. The van der Waals surface area contributed by atoms with Crippen LogP contribution in [0.2, 0.25) is 0 Å². The number of rotatable bonds is 2. The van der Waals surface area contributed by atoms with Crippen molar-refractivity contribution in [1.29, 1.82) is 0 Å². The molecule has 1 saturated heterocycles. The molecular weight excluding hydrogens is 328 g/mol. The maximum absolute atomic E-state index is 12.9. The summed E-state index contributed by atoms with van der Waals surface area (Å²) in [5, 5.41) is 2.92. The first-order chi connectivity index (χ1) is 12.5. The quantitative estimate of drug-likeness (QED) is 0.901. The molecule has 3 amide bonds. The van der Waals surface area contributed by atoms with Gasteiger partial charge in [-0.1, -0.05) is 18.2 Å². The minimum atomic E-state index is -0.114. The van der Waals surface area contributed by atoms with Crippen LogP contribution in [0, 0.1) is 13.8 Å². The minimum absolute atomic E-state index is 0.0523. The van der Waals surface area contributed by atoms with Crippen LogP contribution in [0.3, 0.4) is 0 Å². The molecule has 26 heavy (non-hydrogen) atoms. The van der Waals surface area contributed by atoms with Crippen molar-refractivity contribution in [2.24, 2.45) is 7.05 Å². The number of hydrogen-bond acceptors (Lipinski definition) is 2. The lowest BCUT2D eigenvalue weighted by Gasteiger charge is -2.22. The monoisotopic (exact) mass is 354 g/mol. The van der Waals surface area contributed by atoms with Crippen LogP contribution in [0.4, 0.5) is 10.5 Å². The number of carbonyl (C=O) groups excluding carboxylic acids is 2. The Labute approximate surface area is 154 Å². The number of carbonyl (C=O) groups is 2. The summed E-state index contributed by atoms with van der Waals surface area (Å²) in [6.07, 6.45) is 0.777. The topological polar surface area (TPSA) is 57.6 Å². The predicted molar refractivity (Wildman–Crippen MR) is 102 cm³/mol. The van der Waals surface area contributed by atoms with Crippen LogP contribution in [0.5, 0.6) is 0 Å². The third-order valence-corrected chi connectivity index (χ3v) is 5.10. The molecule has 1 aliphatic rings. The molecule has 6 nitrogen and oxygen atoms in total. The normalized spacial score (nSPS) is 14.9. The van der Waals surface area contributed by atoms with Crippen LogP contribution < -0.4 is 5.32 Å². The first-order valence-corrected chi connectivity index (χ1v) is 9.00. The summed E-state index contributed by atoms with van der Waals surface area (Å²) in [5.41, 5.74) is 3.59. The Morgan fingerprint density at radius 1 is 0.962 bits per heavy atom. The van der Waals surface area contributed by atoms with Crippen LogP contribution in [0.1, 0.15) is 28.2 Å². The van der Waals surface area contributed by atoms with Crippen LogP contribution in [0.15, 0.2) is 36.4 Å². The van der Waals surface area contributed by atoms with Gasteiger partial charge in [-0.2, -0.15) is 0 Å². The van der Waals surface area contributed by atoms with E-state index in [0.717, 1.165) is 29.1 Å². The molecule has 0 bridgehead atoms. The van der Waals surface area contributed by atoms with Gasteiger partial charge < -0.3 is 19.7 Å². The summed E-state index contributed by atoms with van der Waals surface area (Å²) in [6, 6.07) is 11.3. The summed E-state index contributed by atoms with van der Waals surface area (Å²) < 4.78 is 2.03. The number of hydrogen-bond donors (Lipinski definition) is 1. The van der Waals surface area contributed by atoms with Gasteiger partial charge in [0, 0.05) is 50.3 Å². The average Bonchev–Trinajstić information content (AvgIpc) is 2.84. The van der Waals surface area contributed by atoms with Gasteiger partial charge in [0.25, 0.3) is 5.91 Å². The molecule has 2 heterocycles. The second-order valence-corrected chi connectivity index (χ2v) is 6.77. The average molecular weight is 354 g/mol. The maximum Gasteiger partial charge on any atom is 0.321 e. The Hall–Kier alpha value is -2.76. The van der Waals surface area contributed by atoms with Crippen molar-refractivity contribution in [2.75, 3.05) is 31.5 Å². The third-order valence-electron chi connectivity index (χ3n) is 5.10. The van der Waals surface area contributed by atoms with Gasteiger partial charge in [-0.05, 0) is 38.5 Å². The van der Waals surface area contributed by atoms with Crippen molar-refractivity contribution < 1.29 is 9.59 Å². The molecule has 6 heteroatoms. The number of urea groups is 1. The first-order valence-electron chi connectivity index (χ1n) is 9.00. The third kappa shape index (κ3) is 3.74. The number of nitrogens with one attached hydrogen (secondary N) is 1. The fraction of sp³-hybridized carbons (Fsp3) is 0.400. The van der Waals surface area contributed by atoms with E-state index in [0.29, 0.717) is 26.2 Å². The molecule has 1 aromatic carbocycles. The molecule has 1 fully saturated rings. The van der Waals surface area contributed by atoms with Gasteiger partial charge in [0.2, 0.25) is 0 Å². The minimum Gasteiger partial charge on any atom is -0.351 e. The number of nitrogens with zero attached hydrogens (tertiary/aromatic N) is 3. The van der Waals surface area contributed by atoms with Crippen molar-refractivity contribution in [1.82, 2.24) is 14.4 Å². The molecule has 1 aliphatic heterocycles. The van der Waals surface area contributed by atoms with Crippen LogP contribution in [0.25, 0.3) is 0 Å². The lowest BCUT2D eigenvalue weighted by molar-refractivity contribution is 0.0762. The predicted octanol–water partition coefficient (Wildman–Crippen LogP) is 3.02. The largest absolute Gasteiger partial charge is 0.351 e. The number of benzene rings is 1. The molecule has 0 saturated carbocycles. The number of amides is 3. The van der Waals surface area contributed by atoms with E-state index in [2.05, 4.69) is 5.32 Å². The Bertz CT molecular complexity index is 798. The van der Waals surface area contributed by atoms with Gasteiger partial charge in [0.05, 0.1) is 5.56 Å². The van der Waals surface area contributed by atoms with Crippen molar-refractivity contribution in [3.8, 4) is 0 Å². The molecule has 1 N–H and O–H groups in total. The highest BCUT2D eigenvalue weighted by Gasteiger charge is 2.25. The zero-order valence-corrected chi connectivity index (χ0v) is 15.7. The van der Waals surface area contributed by atoms with E-state index in [1.54, 1.807) is 4.90 Å². The SMILES string of the molecule is Cc1cc(C(=O)N2CCCN(C(=O)Nc3ccccc3)CC2)c(C)n1C. The van der Waals surface area contributed by atoms with Gasteiger partial charge in [-0.3, -0.25) is 4.79 Å². The zero-order valence-electron chi connectivity index (χ0n) is 15.7. The lowest BCUT2D eigenvalue weighted by atomic mass is 10.2. The van der Waals surface area contributed by atoms with Gasteiger partial charge in [0.15, 0.2) is 0 Å². The maximum atomic E-state index is 12.9. The number of anilines is 1. The highest BCUT2D eigenvalue weighted by molar-refractivity contribution is 5.96. The summed E-state index contributed by atoms with van der Waals surface area (Å²) in [6.45, 7) is 6.37. The number of para-hydroxylation sites is 1. The molecule has 2 aromatic rings. The van der Waals surface area contributed by atoms with E-state index in [4.69, 9.17) is 0 Å². The summed E-state index contributed by atoms with van der Waals surface area (Å²) >= 11 is 0. The summed E-state index contributed by atoms with van der Waals surface area (Å²) in [4.78, 5) is 29.0. The molecule has 3 rings (SSSR count). The van der Waals surface area contributed by atoms with E-state index in [9.17, 15) is 9.59 Å². The molecule has 0 aliphatic carbocycles. The van der Waals surface area contributed by atoms with Crippen LogP contribution >= 0.6 is 0 Å². The molecule has 1 aromatic heterocycles. The van der Waals surface area contributed by atoms with E-state index >= 15 is 0 Å². The summed E-state index contributed by atoms with van der Waals surface area (Å²) in [7, 11) is 1.97. The van der Waals surface area contributed by atoms with Crippen molar-refractivity contribution in [3.05, 3.63) is 53.3 Å². The standard InChI is InChI=1S/C20H26N4O2/c1-15-14-18(16(2)22(15)3)19(25)23-10-7-11-24(13-12-23)20(26)21-17-8-5-4-6-9-17/h4-6,8-9,14H,7,10-13H2,1-3H3,(H,21,26). The molecule has 138 valence electrons. The van der Waals surface area contributed by atoms with E-state index < -0.39 is 0 Å². The molecule has 0 unspecified atom stereocenters. The van der Waals surface area contributed by atoms with Gasteiger partial charge in [-0.25, -0.2) is 4.79 Å². The molecule has 0 atom stereocenters. The summed E-state index contributed by atoms with van der Waals surface area (Å²) in [5.74, 6) is 0.0523. The second-order valence-electron chi connectivity index (χ2n) is 6.77. The van der Waals surface area contributed by atoms with Crippen LogP contribution in [-0.4, -0.2) is 52.5 Å². The Balaban J connectivity index is 1.63. The van der Waals surface area contributed by atoms with Gasteiger partial charge >= 0.3 is 6.03 Å². The molecule has 0 spiro atoms. The highest BCUT2D eigenvalue weighted by atomic mass is 16.2. The number of aryl methyl sites for hydroxylation is 1. The Morgan fingerprint density at radius 2 is 1.62 bits per heavy atom. The van der Waals surface area contributed by atoms with E-state index in [-0.39, 0.29) is 11.9 Å². The fourth-order valence-electron chi connectivity index (χ4n) is 3.29. The zero-order chi connectivity index (χ0) is 18.7. The highest BCUT2D eigenvalue weighted by Crippen LogP contribution is 2.17. The molecule has 0 radical (unpaired) electrons. The number of aromatic nitrogens is 1.